The van der Waals surface area contributed by atoms with Crippen LogP contribution in [-0.4, -0.2) is 6.54 Å². The van der Waals surface area contributed by atoms with Crippen molar-refractivity contribution in [3.63, 3.8) is 0 Å². The molecule has 0 amide bonds. The average molecular weight is 252 g/mol. The van der Waals surface area contributed by atoms with Crippen molar-refractivity contribution in [1.82, 2.24) is 0 Å². The van der Waals surface area contributed by atoms with Crippen LogP contribution in [0.4, 0.5) is 0 Å². The molecule has 0 aliphatic heterocycles. The first kappa shape index (κ1) is 12.9. The molecule has 0 radical (unpaired) electrons. The molecule has 1 fully saturated rings. The predicted octanol–water partition coefficient (Wildman–Crippen LogP) is 4.04. The van der Waals surface area contributed by atoms with Crippen LogP contribution in [0.5, 0.6) is 0 Å². The molecule has 1 aliphatic carbocycles. The molecule has 2 N–H and O–H groups in total. The molecule has 1 aromatic rings. The summed E-state index contributed by atoms with van der Waals surface area (Å²) in [5.74, 6) is 1.64. The van der Waals surface area contributed by atoms with E-state index in [9.17, 15) is 0 Å². The molecule has 1 nitrogen and oxygen atoms in total. The molecule has 2 heteroatoms. The van der Waals surface area contributed by atoms with Crippen LogP contribution in [0.3, 0.4) is 0 Å². The van der Waals surface area contributed by atoms with Gasteiger partial charge in [-0.2, -0.15) is 0 Å². The van der Waals surface area contributed by atoms with Crippen molar-refractivity contribution in [2.45, 2.75) is 38.5 Å². The molecule has 2 atom stereocenters. The Kier molecular flexibility index (Phi) is 4.87. The first-order valence-electron chi connectivity index (χ1n) is 6.74. The van der Waals surface area contributed by atoms with Crippen LogP contribution in [0.2, 0.25) is 5.02 Å². The molecule has 2 rings (SSSR count). The van der Waals surface area contributed by atoms with Gasteiger partial charge >= 0.3 is 0 Å². The van der Waals surface area contributed by atoms with Gasteiger partial charge in [0.25, 0.3) is 0 Å². The fourth-order valence-electron chi connectivity index (χ4n) is 3.11. The largest absolute Gasteiger partial charge is 0.330 e. The molecule has 2 unspecified atom stereocenters. The highest BCUT2D eigenvalue weighted by molar-refractivity contribution is 6.30. The number of halogens is 1. The van der Waals surface area contributed by atoms with Crippen LogP contribution >= 0.6 is 11.6 Å². The van der Waals surface area contributed by atoms with Gasteiger partial charge in [-0.25, -0.2) is 0 Å². The van der Waals surface area contributed by atoms with Gasteiger partial charge in [0.15, 0.2) is 0 Å². The molecule has 0 heterocycles. The highest BCUT2D eigenvalue weighted by Gasteiger charge is 2.24. The monoisotopic (exact) mass is 251 g/mol. The van der Waals surface area contributed by atoms with Crippen LogP contribution < -0.4 is 5.73 Å². The van der Waals surface area contributed by atoms with E-state index in [0.717, 1.165) is 23.4 Å². The Morgan fingerprint density at radius 2 is 1.94 bits per heavy atom. The summed E-state index contributed by atoms with van der Waals surface area (Å²) in [4.78, 5) is 0. The summed E-state index contributed by atoms with van der Waals surface area (Å²) in [6, 6.07) is 8.30. The number of hydrogen-bond acceptors (Lipinski definition) is 1. The normalized spacial score (nSPS) is 24.8. The average Bonchev–Trinajstić information content (AvgIpc) is 2.32. The maximum atomic E-state index is 6.04. The minimum atomic E-state index is 0.811. The van der Waals surface area contributed by atoms with Gasteiger partial charge in [0.1, 0.15) is 0 Å². The molecular formula is C15H22ClN. The first-order chi connectivity index (χ1) is 8.29. The highest BCUT2D eigenvalue weighted by Crippen LogP contribution is 2.34. The zero-order valence-electron chi connectivity index (χ0n) is 10.4. The number of benzene rings is 1. The lowest BCUT2D eigenvalue weighted by molar-refractivity contribution is 0.225. The van der Waals surface area contributed by atoms with E-state index in [1.54, 1.807) is 0 Å². The van der Waals surface area contributed by atoms with Gasteiger partial charge in [0, 0.05) is 5.02 Å². The van der Waals surface area contributed by atoms with Crippen LogP contribution in [0.15, 0.2) is 24.3 Å². The fraction of sp³-hybridized carbons (Fsp3) is 0.600. The zero-order chi connectivity index (χ0) is 12.1. The summed E-state index contributed by atoms with van der Waals surface area (Å²) < 4.78 is 0. The van der Waals surface area contributed by atoms with Crippen molar-refractivity contribution in [2.75, 3.05) is 6.54 Å². The second-order valence-electron chi connectivity index (χ2n) is 5.22. The lowest BCUT2D eigenvalue weighted by Gasteiger charge is -2.31. The van der Waals surface area contributed by atoms with Crippen molar-refractivity contribution in [3.8, 4) is 0 Å². The van der Waals surface area contributed by atoms with E-state index in [0.29, 0.717) is 0 Å². The quantitative estimate of drug-likeness (QED) is 0.859. The van der Waals surface area contributed by atoms with Gasteiger partial charge < -0.3 is 5.73 Å². The van der Waals surface area contributed by atoms with Crippen LogP contribution in [0, 0.1) is 11.8 Å². The SMILES string of the molecule is NCCC1CCCCC1Cc1cccc(Cl)c1. The lowest BCUT2D eigenvalue weighted by Crippen LogP contribution is -2.24. The van der Waals surface area contributed by atoms with Gasteiger partial charge in [-0.1, -0.05) is 43.0 Å². The standard InChI is InChI=1S/C15H22ClN/c16-15-7-3-4-12(11-15)10-14-6-2-1-5-13(14)8-9-17/h3-4,7,11,13-14H,1-2,5-6,8-10,17H2. The molecule has 1 saturated carbocycles. The van der Waals surface area contributed by atoms with Gasteiger partial charge in [-0.15, -0.1) is 0 Å². The Morgan fingerprint density at radius 1 is 1.18 bits per heavy atom. The predicted molar refractivity (Wildman–Crippen MR) is 74.3 cm³/mol. The van der Waals surface area contributed by atoms with Crippen molar-refractivity contribution < 1.29 is 0 Å². The Hall–Kier alpha value is -0.530. The third kappa shape index (κ3) is 3.72. The topological polar surface area (TPSA) is 26.0 Å². The van der Waals surface area contributed by atoms with Crippen molar-refractivity contribution >= 4 is 11.6 Å². The minimum Gasteiger partial charge on any atom is -0.330 e. The molecule has 0 bridgehead atoms. The Balaban J connectivity index is 2.00. The zero-order valence-corrected chi connectivity index (χ0v) is 11.1. The Bertz CT molecular complexity index is 349. The fourth-order valence-corrected chi connectivity index (χ4v) is 3.33. The molecule has 0 saturated heterocycles. The van der Waals surface area contributed by atoms with E-state index in [4.69, 9.17) is 17.3 Å². The number of rotatable bonds is 4. The lowest BCUT2D eigenvalue weighted by atomic mass is 9.75. The molecule has 17 heavy (non-hydrogen) atoms. The first-order valence-corrected chi connectivity index (χ1v) is 7.12. The molecule has 0 spiro atoms. The highest BCUT2D eigenvalue weighted by atomic mass is 35.5. The van der Waals surface area contributed by atoms with E-state index in [-0.39, 0.29) is 0 Å². The smallest absolute Gasteiger partial charge is 0.0408 e. The van der Waals surface area contributed by atoms with Crippen molar-refractivity contribution in [3.05, 3.63) is 34.9 Å². The molecule has 94 valence electrons. The Labute approximate surface area is 109 Å². The van der Waals surface area contributed by atoms with Crippen LogP contribution in [0.25, 0.3) is 0 Å². The van der Waals surface area contributed by atoms with Crippen LogP contribution in [0.1, 0.15) is 37.7 Å². The van der Waals surface area contributed by atoms with E-state index >= 15 is 0 Å². The molecular weight excluding hydrogens is 230 g/mol. The molecule has 0 aromatic heterocycles. The number of hydrogen-bond donors (Lipinski definition) is 1. The van der Waals surface area contributed by atoms with E-state index in [2.05, 4.69) is 18.2 Å². The maximum absolute atomic E-state index is 6.04. The van der Waals surface area contributed by atoms with Gasteiger partial charge in [-0.3, -0.25) is 0 Å². The third-order valence-electron chi connectivity index (χ3n) is 3.99. The van der Waals surface area contributed by atoms with E-state index in [1.165, 1.54) is 44.1 Å². The summed E-state index contributed by atoms with van der Waals surface area (Å²) in [7, 11) is 0. The van der Waals surface area contributed by atoms with Gasteiger partial charge in [-0.05, 0) is 55.3 Å². The van der Waals surface area contributed by atoms with E-state index < -0.39 is 0 Å². The van der Waals surface area contributed by atoms with Crippen molar-refractivity contribution in [1.29, 1.82) is 0 Å². The second-order valence-corrected chi connectivity index (χ2v) is 5.65. The number of nitrogens with two attached hydrogens (primary N) is 1. The van der Waals surface area contributed by atoms with Gasteiger partial charge in [0.2, 0.25) is 0 Å². The maximum Gasteiger partial charge on any atom is 0.0408 e. The summed E-state index contributed by atoms with van der Waals surface area (Å²) in [5, 5.41) is 0.855. The summed E-state index contributed by atoms with van der Waals surface area (Å²) >= 11 is 6.04. The van der Waals surface area contributed by atoms with Gasteiger partial charge in [0.05, 0.1) is 0 Å². The summed E-state index contributed by atoms with van der Waals surface area (Å²) in [6.07, 6.45) is 7.85. The summed E-state index contributed by atoms with van der Waals surface area (Å²) in [6.45, 7) is 0.830. The van der Waals surface area contributed by atoms with E-state index in [1.807, 2.05) is 6.07 Å². The van der Waals surface area contributed by atoms with Crippen LogP contribution in [-0.2, 0) is 6.42 Å². The molecule has 1 aromatic carbocycles. The molecule has 1 aliphatic rings. The summed E-state index contributed by atoms with van der Waals surface area (Å²) in [5.41, 5.74) is 7.10. The van der Waals surface area contributed by atoms with Crippen molar-refractivity contribution in [2.24, 2.45) is 17.6 Å². The Morgan fingerprint density at radius 3 is 2.65 bits per heavy atom. The third-order valence-corrected chi connectivity index (χ3v) is 4.23. The second kappa shape index (κ2) is 6.42. The minimum absolute atomic E-state index is 0.811.